The molecule has 0 spiro atoms. The highest BCUT2D eigenvalue weighted by molar-refractivity contribution is 7.87. The number of alkyl halides is 3. The lowest BCUT2D eigenvalue weighted by Crippen LogP contribution is -2.21. The van der Waals surface area contributed by atoms with Gasteiger partial charge in [-0.15, -0.1) is 0 Å². The van der Waals surface area contributed by atoms with Crippen LogP contribution in [0.5, 0.6) is 5.75 Å². The van der Waals surface area contributed by atoms with Gasteiger partial charge in [-0.05, 0) is 36.4 Å². The van der Waals surface area contributed by atoms with Crippen molar-refractivity contribution in [3.05, 3.63) is 94.8 Å². The van der Waals surface area contributed by atoms with Gasteiger partial charge in [0, 0.05) is 17.2 Å². The molecule has 1 N–H and O–H groups in total. The standard InChI is InChI=1S/C22H14F6N2O4S/c23-17-11-19(25)18(24)9-13(17)10-21(31)30-29-12-14-8-15(22(26,27)28)6-7-20(14)35(32,33)34-16-4-2-1-3-5-16/h1-9,11-12H,10H2,(H,30,31)/b29-12+. The minimum Gasteiger partial charge on any atom is -0.379 e. The molecular weight excluding hydrogens is 502 g/mol. The topological polar surface area (TPSA) is 84.8 Å². The van der Waals surface area contributed by atoms with Crippen molar-refractivity contribution in [3.63, 3.8) is 0 Å². The fourth-order valence-electron chi connectivity index (χ4n) is 2.79. The summed E-state index contributed by atoms with van der Waals surface area (Å²) in [7, 11) is -4.62. The molecule has 3 rings (SSSR count). The minimum absolute atomic E-state index is 0.0999. The number of benzene rings is 3. The average Bonchev–Trinajstić information content (AvgIpc) is 2.77. The van der Waals surface area contributed by atoms with Crippen molar-refractivity contribution < 1.29 is 43.7 Å². The molecule has 0 radical (unpaired) electrons. The molecule has 184 valence electrons. The first-order valence-electron chi connectivity index (χ1n) is 9.53. The Labute approximate surface area is 195 Å². The summed E-state index contributed by atoms with van der Waals surface area (Å²) in [4.78, 5) is 11.3. The van der Waals surface area contributed by atoms with Crippen LogP contribution in [0.3, 0.4) is 0 Å². The lowest BCUT2D eigenvalue weighted by molar-refractivity contribution is -0.137. The Balaban J connectivity index is 1.86. The quantitative estimate of drug-likeness (QED) is 0.164. The van der Waals surface area contributed by atoms with Crippen LogP contribution in [0.2, 0.25) is 0 Å². The van der Waals surface area contributed by atoms with Gasteiger partial charge in [-0.2, -0.15) is 26.7 Å². The first-order chi connectivity index (χ1) is 16.4. The average molecular weight is 516 g/mol. The summed E-state index contributed by atoms with van der Waals surface area (Å²) in [5.74, 6) is -5.19. The monoisotopic (exact) mass is 516 g/mol. The summed E-state index contributed by atoms with van der Waals surface area (Å²) in [6.07, 6.45) is -4.99. The van der Waals surface area contributed by atoms with Gasteiger partial charge in [0.1, 0.15) is 16.5 Å². The van der Waals surface area contributed by atoms with Crippen LogP contribution in [0.25, 0.3) is 0 Å². The Morgan fingerprint density at radius 1 is 0.943 bits per heavy atom. The molecule has 0 bridgehead atoms. The number of nitrogens with one attached hydrogen (secondary N) is 1. The number of hydrazone groups is 1. The Kier molecular flexibility index (Phi) is 7.48. The summed E-state index contributed by atoms with van der Waals surface area (Å²) in [6, 6.07) is 9.55. The fraction of sp³-hybridized carbons (Fsp3) is 0.0909. The zero-order chi connectivity index (χ0) is 25.8. The zero-order valence-electron chi connectivity index (χ0n) is 17.3. The highest BCUT2D eigenvalue weighted by Gasteiger charge is 2.32. The second-order valence-electron chi connectivity index (χ2n) is 6.93. The molecule has 0 atom stereocenters. The maximum Gasteiger partial charge on any atom is 0.416 e. The van der Waals surface area contributed by atoms with E-state index in [2.05, 4.69) is 5.10 Å². The molecule has 1 amide bonds. The van der Waals surface area contributed by atoms with Crippen LogP contribution < -0.4 is 9.61 Å². The third kappa shape index (κ3) is 6.59. The lowest BCUT2D eigenvalue weighted by Gasteiger charge is -2.12. The first kappa shape index (κ1) is 25.7. The summed E-state index contributed by atoms with van der Waals surface area (Å²) >= 11 is 0. The zero-order valence-corrected chi connectivity index (χ0v) is 18.1. The van der Waals surface area contributed by atoms with Crippen molar-refractivity contribution in [3.8, 4) is 5.75 Å². The molecule has 3 aromatic rings. The highest BCUT2D eigenvalue weighted by Crippen LogP contribution is 2.32. The summed E-state index contributed by atoms with van der Waals surface area (Å²) in [6.45, 7) is 0. The largest absolute Gasteiger partial charge is 0.416 e. The molecule has 0 aliphatic heterocycles. The normalized spacial score (nSPS) is 12.1. The third-order valence-electron chi connectivity index (χ3n) is 4.39. The summed E-state index contributed by atoms with van der Waals surface area (Å²) in [5.41, 5.74) is -0.421. The second-order valence-corrected chi connectivity index (χ2v) is 8.44. The highest BCUT2D eigenvalue weighted by atomic mass is 32.2. The van der Waals surface area contributed by atoms with Gasteiger partial charge in [-0.3, -0.25) is 4.79 Å². The van der Waals surface area contributed by atoms with E-state index in [-0.39, 0.29) is 11.8 Å². The first-order valence-corrected chi connectivity index (χ1v) is 10.9. The number of hydrogen-bond acceptors (Lipinski definition) is 5. The van der Waals surface area contributed by atoms with E-state index in [0.29, 0.717) is 30.5 Å². The molecule has 0 unspecified atom stereocenters. The van der Waals surface area contributed by atoms with Crippen molar-refractivity contribution in [2.24, 2.45) is 5.10 Å². The maximum absolute atomic E-state index is 13.7. The van der Waals surface area contributed by atoms with E-state index >= 15 is 0 Å². The number of halogens is 6. The number of hydrogen-bond donors (Lipinski definition) is 1. The molecule has 13 heteroatoms. The minimum atomic E-state index is -4.82. The van der Waals surface area contributed by atoms with E-state index in [9.17, 15) is 39.6 Å². The number of rotatable bonds is 7. The number of carbonyl (C=O) groups is 1. The Morgan fingerprint density at radius 3 is 2.26 bits per heavy atom. The van der Waals surface area contributed by atoms with E-state index < -0.39 is 67.7 Å². The predicted octanol–water partition coefficient (Wildman–Crippen LogP) is 4.58. The van der Waals surface area contributed by atoms with Gasteiger partial charge < -0.3 is 4.18 Å². The van der Waals surface area contributed by atoms with Crippen molar-refractivity contribution >= 4 is 22.2 Å². The Hall–Kier alpha value is -3.87. The van der Waals surface area contributed by atoms with Gasteiger partial charge in [0.05, 0.1) is 18.2 Å². The van der Waals surface area contributed by atoms with Crippen LogP contribution in [-0.4, -0.2) is 20.5 Å². The molecule has 6 nitrogen and oxygen atoms in total. The molecule has 0 aliphatic carbocycles. The maximum atomic E-state index is 13.7. The van der Waals surface area contributed by atoms with E-state index in [0.717, 1.165) is 0 Å². The van der Waals surface area contributed by atoms with Crippen molar-refractivity contribution in [2.45, 2.75) is 17.5 Å². The molecule has 0 aromatic heterocycles. The van der Waals surface area contributed by atoms with Crippen LogP contribution in [0, 0.1) is 17.5 Å². The lowest BCUT2D eigenvalue weighted by atomic mass is 10.1. The van der Waals surface area contributed by atoms with E-state index in [1.807, 2.05) is 5.43 Å². The van der Waals surface area contributed by atoms with Crippen LogP contribution >= 0.6 is 0 Å². The van der Waals surface area contributed by atoms with Gasteiger partial charge in [-0.25, -0.2) is 18.6 Å². The van der Waals surface area contributed by atoms with E-state index in [4.69, 9.17) is 4.18 Å². The van der Waals surface area contributed by atoms with Crippen LogP contribution in [-0.2, 0) is 27.5 Å². The fourth-order valence-corrected chi connectivity index (χ4v) is 3.88. The van der Waals surface area contributed by atoms with E-state index in [1.165, 1.54) is 24.3 Å². The summed E-state index contributed by atoms with van der Waals surface area (Å²) in [5, 5.41) is 3.41. The number of para-hydroxylation sites is 1. The second kappa shape index (κ2) is 10.2. The van der Waals surface area contributed by atoms with Gasteiger partial charge in [-0.1, -0.05) is 18.2 Å². The molecule has 3 aromatic carbocycles. The van der Waals surface area contributed by atoms with Gasteiger partial charge in [0.2, 0.25) is 5.91 Å². The molecule has 0 fully saturated rings. The SMILES string of the molecule is O=C(Cc1cc(F)c(F)cc1F)N/N=C/c1cc(C(F)(F)F)ccc1S(=O)(=O)Oc1ccccc1. The smallest absolute Gasteiger partial charge is 0.379 e. The van der Waals surface area contributed by atoms with Crippen LogP contribution in [0.15, 0.2) is 70.7 Å². The van der Waals surface area contributed by atoms with E-state index in [1.54, 1.807) is 6.07 Å². The molecule has 0 aliphatic rings. The molecule has 0 heterocycles. The number of nitrogens with zero attached hydrogens (tertiary/aromatic N) is 1. The summed E-state index contributed by atoms with van der Waals surface area (Å²) < 4.78 is 110. The van der Waals surface area contributed by atoms with Gasteiger partial charge in [0.15, 0.2) is 11.6 Å². The van der Waals surface area contributed by atoms with Crippen LogP contribution in [0.4, 0.5) is 26.3 Å². The Morgan fingerprint density at radius 2 is 1.60 bits per heavy atom. The van der Waals surface area contributed by atoms with Crippen molar-refractivity contribution in [1.82, 2.24) is 5.43 Å². The molecule has 35 heavy (non-hydrogen) atoms. The predicted molar refractivity (Wildman–Crippen MR) is 111 cm³/mol. The molecule has 0 saturated carbocycles. The number of amides is 1. The third-order valence-corrected chi connectivity index (χ3v) is 5.71. The van der Waals surface area contributed by atoms with Crippen molar-refractivity contribution in [1.29, 1.82) is 0 Å². The molecule has 0 saturated heterocycles. The van der Waals surface area contributed by atoms with Gasteiger partial charge >= 0.3 is 16.3 Å². The van der Waals surface area contributed by atoms with Gasteiger partial charge in [0.25, 0.3) is 0 Å². The van der Waals surface area contributed by atoms with Crippen molar-refractivity contribution in [2.75, 3.05) is 0 Å². The van der Waals surface area contributed by atoms with Crippen LogP contribution in [0.1, 0.15) is 16.7 Å². The number of carbonyl (C=O) groups excluding carboxylic acids is 1. The molecular formula is C22H14F6N2O4S. The Bertz CT molecular complexity index is 1380.